The fourth-order valence-corrected chi connectivity index (χ4v) is 2.53. The summed E-state index contributed by atoms with van der Waals surface area (Å²) in [7, 11) is 0. The minimum absolute atomic E-state index is 0.143. The molecule has 1 N–H and O–H groups in total. The summed E-state index contributed by atoms with van der Waals surface area (Å²) in [5.74, 6) is -2.23. The third-order valence-electron chi connectivity index (χ3n) is 3.60. The SMILES string of the molecule is O=C(COC(=O)c1cc(=O)c2ccccc2o1)Nc1cc(Cl)ccc1[N+](=O)[O-]. The second-order valence-electron chi connectivity index (χ2n) is 5.51. The second-order valence-corrected chi connectivity index (χ2v) is 5.95. The number of benzene rings is 2. The molecule has 0 radical (unpaired) electrons. The van der Waals surface area contributed by atoms with E-state index in [-0.39, 0.29) is 27.7 Å². The first-order valence-electron chi connectivity index (χ1n) is 7.79. The number of carbonyl (C=O) groups excluding carboxylic acids is 2. The van der Waals surface area contributed by atoms with E-state index in [1.54, 1.807) is 18.2 Å². The largest absolute Gasteiger partial charge is 0.450 e. The Balaban J connectivity index is 1.70. The van der Waals surface area contributed by atoms with Crippen LogP contribution in [0.2, 0.25) is 5.02 Å². The van der Waals surface area contributed by atoms with Crippen molar-refractivity contribution in [3.05, 3.63) is 79.7 Å². The molecular weight excluding hydrogens is 392 g/mol. The van der Waals surface area contributed by atoms with Crippen molar-refractivity contribution >= 4 is 45.8 Å². The number of fused-ring (bicyclic) bond motifs is 1. The predicted octanol–water partition coefficient (Wildman–Crippen LogP) is 3.15. The van der Waals surface area contributed by atoms with Crippen molar-refractivity contribution in [2.75, 3.05) is 11.9 Å². The van der Waals surface area contributed by atoms with Gasteiger partial charge in [-0.05, 0) is 24.3 Å². The summed E-state index contributed by atoms with van der Waals surface area (Å²) in [5, 5.41) is 13.7. The molecule has 0 bridgehead atoms. The van der Waals surface area contributed by atoms with Crippen LogP contribution in [0.3, 0.4) is 0 Å². The summed E-state index contributed by atoms with van der Waals surface area (Å²) in [6, 6.07) is 10.9. The molecule has 1 aromatic heterocycles. The number of ether oxygens (including phenoxy) is 1. The predicted molar refractivity (Wildman–Crippen MR) is 99.5 cm³/mol. The van der Waals surface area contributed by atoms with Crippen LogP contribution in [0.1, 0.15) is 10.6 Å². The van der Waals surface area contributed by atoms with Crippen molar-refractivity contribution in [2.45, 2.75) is 0 Å². The van der Waals surface area contributed by atoms with Crippen molar-refractivity contribution in [1.82, 2.24) is 0 Å². The number of esters is 1. The minimum atomic E-state index is -1.03. The molecule has 0 saturated heterocycles. The van der Waals surface area contributed by atoms with Gasteiger partial charge in [0.2, 0.25) is 5.76 Å². The molecule has 28 heavy (non-hydrogen) atoms. The first-order valence-corrected chi connectivity index (χ1v) is 8.17. The van der Waals surface area contributed by atoms with E-state index in [0.29, 0.717) is 5.39 Å². The lowest BCUT2D eigenvalue weighted by Crippen LogP contribution is -2.22. The van der Waals surface area contributed by atoms with Crippen molar-refractivity contribution in [3.63, 3.8) is 0 Å². The number of carbonyl (C=O) groups is 2. The third-order valence-corrected chi connectivity index (χ3v) is 3.83. The number of nitrogens with one attached hydrogen (secondary N) is 1. The molecule has 0 atom stereocenters. The van der Waals surface area contributed by atoms with Gasteiger partial charge in [-0.25, -0.2) is 4.79 Å². The van der Waals surface area contributed by atoms with Crippen LogP contribution in [0.25, 0.3) is 11.0 Å². The molecule has 0 aliphatic rings. The van der Waals surface area contributed by atoms with Crippen LogP contribution >= 0.6 is 11.6 Å². The summed E-state index contributed by atoms with van der Waals surface area (Å²) >= 11 is 5.77. The summed E-state index contributed by atoms with van der Waals surface area (Å²) < 4.78 is 10.1. The highest BCUT2D eigenvalue weighted by Crippen LogP contribution is 2.27. The number of hydrogen-bond donors (Lipinski definition) is 1. The van der Waals surface area contributed by atoms with E-state index in [0.717, 1.165) is 12.1 Å². The van der Waals surface area contributed by atoms with E-state index in [1.807, 2.05) is 0 Å². The van der Waals surface area contributed by atoms with E-state index in [4.69, 9.17) is 20.8 Å². The highest BCUT2D eigenvalue weighted by atomic mass is 35.5. The third kappa shape index (κ3) is 4.15. The molecule has 0 saturated carbocycles. The van der Waals surface area contributed by atoms with Gasteiger partial charge in [-0.1, -0.05) is 23.7 Å². The topological polar surface area (TPSA) is 129 Å². The molecule has 0 fully saturated rings. The van der Waals surface area contributed by atoms with Gasteiger partial charge in [0.1, 0.15) is 11.3 Å². The Morgan fingerprint density at radius 3 is 2.68 bits per heavy atom. The van der Waals surface area contributed by atoms with Crippen LogP contribution in [0.5, 0.6) is 0 Å². The Bertz CT molecular complexity index is 1160. The number of rotatable bonds is 5. The number of amides is 1. The zero-order valence-electron chi connectivity index (χ0n) is 14.0. The van der Waals surface area contributed by atoms with Crippen LogP contribution < -0.4 is 10.7 Å². The molecule has 1 amide bonds. The Morgan fingerprint density at radius 1 is 1.18 bits per heavy atom. The monoisotopic (exact) mass is 402 g/mol. The van der Waals surface area contributed by atoms with Crippen LogP contribution in [-0.2, 0) is 9.53 Å². The van der Waals surface area contributed by atoms with Crippen molar-refractivity contribution < 1.29 is 23.7 Å². The highest BCUT2D eigenvalue weighted by Gasteiger charge is 2.19. The standard InChI is InChI=1S/C18H11ClN2O7/c19-10-5-6-13(21(25)26)12(7-10)20-17(23)9-27-18(24)16-8-14(22)11-3-1-2-4-15(11)28-16/h1-8H,9H2,(H,20,23). The molecule has 0 aliphatic carbocycles. The molecular formula is C18H11ClN2O7. The van der Waals surface area contributed by atoms with Gasteiger partial charge in [0.15, 0.2) is 12.0 Å². The Labute approximate surface area is 161 Å². The molecule has 3 rings (SSSR count). The summed E-state index contributed by atoms with van der Waals surface area (Å²) in [6.07, 6.45) is 0. The van der Waals surface area contributed by atoms with Crippen molar-refractivity contribution in [2.24, 2.45) is 0 Å². The normalized spacial score (nSPS) is 10.5. The van der Waals surface area contributed by atoms with Gasteiger partial charge in [-0.2, -0.15) is 0 Å². The summed E-state index contributed by atoms with van der Waals surface area (Å²) in [4.78, 5) is 46.3. The first kappa shape index (κ1) is 19.1. The number of nitrogens with zero attached hydrogens (tertiary/aromatic N) is 1. The molecule has 0 aliphatic heterocycles. The zero-order chi connectivity index (χ0) is 20.3. The van der Waals surface area contributed by atoms with Gasteiger partial charge in [0.05, 0.1) is 10.3 Å². The van der Waals surface area contributed by atoms with Crippen LogP contribution in [-0.4, -0.2) is 23.4 Å². The van der Waals surface area contributed by atoms with Crippen LogP contribution in [0.4, 0.5) is 11.4 Å². The summed E-state index contributed by atoms with van der Waals surface area (Å²) in [6.45, 7) is -0.751. The maximum atomic E-state index is 12.1. The van der Waals surface area contributed by atoms with Gasteiger partial charge in [0, 0.05) is 17.2 Å². The lowest BCUT2D eigenvalue weighted by Gasteiger charge is -2.07. The number of halogens is 1. The molecule has 9 nitrogen and oxygen atoms in total. The molecule has 10 heteroatoms. The smallest absolute Gasteiger partial charge is 0.374 e. The molecule has 0 spiro atoms. The van der Waals surface area contributed by atoms with E-state index >= 15 is 0 Å². The van der Waals surface area contributed by atoms with E-state index in [2.05, 4.69) is 5.32 Å². The van der Waals surface area contributed by atoms with E-state index in [9.17, 15) is 24.5 Å². The zero-order valence-corrected chi connectivity index (χ0v) is 14.8. The van der Waals surface area contributed by atoms with Crippen LogP contribution in [0.15, 0.2) is 57.7 Å². The maximum absolute atomic E-state index is 12.1. The molecule has 0 unspecified atom stereocenters. The number of para-hydroxylation sites is 1. The fourth-order valence-electron chi connectivity index (χ4n) is 2.36. The van der Waals surface area contributed by atoms with Gasteiger partial charge < -0.3 is 14.5 Å². The van der Waals surface area contributed by atoms with Gasteiger partial charge in [-0.15, -0.1) is 0 Å². The summed E-state index contributed by atoms with van der Waals surface area (Å²) in [5.41, 5.74) is -0.755. The number of nitro groups is 1. The fraction of sp³-hybridized carbons (Fsp3) is 0.0556. The Kier molecular flexibility index (Phi) is 5.37. The van der Waals surface area contributed by atoms with Crippen molar-refractivity contribution in [1.29, 1.82) is 0 Å². The second kappa shape index (κ2) is 7.89. The van der Waals surface area contributed by atoms with Gasteiger partial charge in [0.25, 0.3) is 11.6 Å². The Morgan fingerprint density at radius 2 is 1.93 bits per heavy atom. The molecule has 1 heterocycles. The quantitative estimate of drug-likeness (QED) is 0.394. The van der Waals surface area contributed by atoms with E-state index in [1.165, 1.54) is 18.2 Å². The average molecular weight is 403 g/mol. The van der Waals surface area contributed by atoms with Crippen molar-refractivity contribution in [3.8, 4) is 0 Å². The highest BCUT2D eigenvalue weighted by molar-refractivity contribution is 6.31. The average Bonchev–Trinajstić information content (AvgIpc) is 2.66. The Hall–Kier alpha value is -3.72. The van der Waals surface area contributed by atoms with Crippen LogP contribution in [0, 0.1) is 10.1 Å². The van der Waals surface area contributed by atoms with E-state index < -0.39 is 28.8 Å². The minimum Gasteiger partial charge on any atom is -0.450 e. The maximum Gasteiger partial charge on any atom is 0.374 e. The first-order chi connectivity index (χ1) is 13.3. The number of nitro benzene ring substituents is 1. The van der Waals surface area contributed by atoms with Gasteiger partial charge >= 0.3 is 5.97 Å². The molecule has 2 aromatic carbocycles. The van der Waals surface area contributed by atoms with Gasteiger partial charge in [-0.3, -0.25) is 19.7 Å². The number of anilines is 1. The lowest BCUT2D eigenvalue weighted by molar-refractivity contribution is -0.383. The molecule has 3 aromatic rings. The number of hydrogen-bond acceptors (Lipinski definition) is 7. The molecule has 142 valence electrons. The lowest BCUT2D eigenvalue weighted by atomic mass is 10.2.